The molecule has 1 aromatic carbocycles. The second-order valence-electron chi connectivity index (χ2n) is 3.88. The third-order valence-electron chi connectivity index (χ3n) is 2.23. The molecule has 17 heavy (non-hydrogen) atoms. The van der Waals surface area contributed by atoms with Gasteiger partial charge in [0.25, 0.3) is 0 Å². The molecular weight excluding hydrogens is 218 g/mol. The molecule has 92 valence electrons. The minimum atomic E-state index is -0.132. The van der Waals surface area contributed by atoms with E-state index in [0.717, 1.165) is 0 Å². The lowest BCUT2D eigenvalue weighted by Crippen LogP contribution is -2.17. The zero-order chi connectivity index (χ0) is 13.0. The molecule has 0 unspecified atom stereocenters. The number of rotatable bonds is 3. The van der Waals surface area contributed by atoms with Crippen LogP contribution in [0.4, 0.5) is 5.69 Å². The van der Waals surface area contributed by atoms with Crippen molar-refractivity contribution in [2.24, 2.45) is 5.92 Å². The number of benzene rings is 1. The van der Waals surface area contributed by atoms with Crippen LogP contribution < -0.4 is 10.5 Å². The molecule has 0 saturated carbocycles. The molecule has 0 aliphatic rings. The van der Waals surface area contributed by atoms with Gasteiger partial charge in [-0.15, -0.1) is 0 Å². The van der Waals surface area contributed by atoms with Gasteiger partial charge in [-0.05, 0) is 12.1 Å². The van der Waals surface area contributed by atoms with E-state index in [9.17, 15) is 0 Å². The molecule has 1 rings (SSSR count). The van der Waals surface area contributed by atoms with Gasteiger partial charge in [0, 0.05) is 5.92 Å². The zero-order valence-electron chi connectivity index (χ0n) is 10.2. The van der Waals surface area contributed by atoms with Gasteiger partial charge in [-0.2, -0.15) is 0 Å². The lowest BCUT2D eigenvalue weighted by Gasteiger charge is -2.14. The van der Waals surface area contributed by atoms with Crippen molar-refractivity contribution < 1.29 is 9.47 Å². The molecule has 0 aliphatic carbocycles. The standard InChI is InChI=1S/C12H17N3O2/c1-7(2)11(14)17-12(15)8-5-4-6-9(13)10(8)16-3/h4-7,14-15H,13H2,1-3H3. The lowest BCUT2D eigenvalue weighted by atomic mass is 10.1. The summed E-state index contributed by atoms with van der Waals surface area (Å²) in [4.78, 5) is 0. The molecule has 1 aromatic rings. The van der Waals surface area contributed by atoms with Crippen LogP contribution in [0.3, 0.4) is 0 Å². The van der Waals surface area contributed by atoms with Crippen LogP contribution in [0.25, 0.3) is 0 Å². The average Bonchev–Trinajstić information content (AvgIpc) is 2.28. The largest absolute Gasteiger partial charge is 0.494 e. The molecule has 5 nitrogen and oxygen atoms in total. The first-order chi connectivity index (χ1) is 7.97. The summed E-state index contributed by atoms with van der Waals surface area (Å²) in [6.45, 7) is 3.65. The van der Waals surface area contributed by atoms with Gasteiger partial charge in [-0.1, -0.05) is 19.9 Å². The predicted octanol–water partition coefficient (Wildman–Crippen LogP) is 2.25. The minimum Gasteiger partial charge on any atom is -0.494 e. The van der Waals surface area contributed by atoms with Gasteiger partial charge < -0.3 is 15.2 Å². The van der Waals surface area contributed by atoms with Gasteiger partial charge >= 0.3 is 0 Å². The number of nitrogen functional groups attached to an aromatic ring is 1. The van der Waals surface area contributed by atoms with Crippen LogP contribution in [-0.2, 0) is 4.74 Å². The molecule has 0 fully saturated rings. The molecule has 0 bridgehead atoms. The third kappa shape index (κ3) is 2.96. The smallest absolute Gasteiger partial charge is 0.224 e. The molecule has 0 aromatic heterocycles. The number of hydrogen-bond donors (Lipinski definition) is 3. The Bertz CT molecular complexity index is 441. The first-order valence-electron chi connectivity index (χ1n) is 5.25. The van der Waals surface area contributed by atoms with Gasteiger partial charge in [-0.3, -0.25) is 10.8 Å². The number of ether oxygens (including phenoxy) is 2. The van der Waals surface area contributed by atoms with E-state index in [1.165, 1.54) is 7.11 Å². The predicted molar refractivity (Wildman–Crippen MR) is 67.9 cm³/mol. The average molecular weight is 235 g/mol. The molecule has 0 atom stereocenters. The molecule has 0 radical (unpaired) electrons. The second kappa shape index (κ2) is 5.34. The highest BCUT2D eigenvalue weighted by Crippen LogP contribution is 2.26. The summed E-state index contributed by atoms with van der Waals surface area (Å²) < 4.78 is 10.2. The Morgan fingerprint density at radius 1 is 1.29 bits per heavy atom. The SMILES string of the molecule is COc1c(N)cccc1C(=N)OC(=N)C(C)C. The Morgan fingerprint density at radius 3 is 2.47 bits per heavy atom. The highest BCUT2D eigenvalue weighted by atomic mass is 16.5. The topological polar surface area (TPSA) is 92.2 Å². The number of methoxy groups -OCH3 is 1. The van der Waals surface area contributed by atoms with Gasteiger partial charge in [0.2, 0.25) is 5.90 Å². The summed E-state index contributed by atoms with van der Waals surface area (Å²) in [5, 5.41) is 15.4. The quantitative estimate of drug-likeness (QED) is 0.426. The van der Waals surface area contributed by atoms with Crippen LogP contribution in [0.15, 0.2) is 18.2 Å². The number of hydrogen-bond acceptors (Lipinski definition) is 5. The van der Waals surface area contributed by atoms with Crippen LogP contribution in [0.2, 0.25) is 0 Å². The van der Waals surface area contributed by atoms with E-state index in [4.69, 9.17) is 26.0 Å². The fourth-order valence-corrected chi connectivity index (χ4v) is 1.24. The van der Waals surface area contributed by atoms with Crippen molar-refractivity contribution in [3.63, 3.8) is 0 Å². The molecular formula is C12H17N3O2. The summed E-state index contributed by atoms with van der Waals surface area (Å²) in [5.41, 5.74) is 6.61. The first-order valence-corrected chi connectivity index (χ1v) is 5.25. The van der Waals surface area contributed by atoms with Crippen molar-refractivity contribution >= 4 is 17.5 Å². The fourth-order valence-electron chi connectivity index (χ4n) is 1.24. The normalized spacial score (nSPS) is 10.1. The molecule has 0 saturated heterocycles. The molecule has 0 aliphatic heterocycles. The highest BCUT2D eigenvalue weighted by molar-refractivity contribution is 6.02. The zero-order valence-corrected chi connectivity index (χ0v) is 10.2. The number of para-hydroxylation sites is 1. The van der Waals surface area contributed by atoms with Gasteiger partial charge in [0.1, 0.15) is 0 Å². The Hall–Kier alpha value is -2.04. The summed E-state index contributed by atoms with van der Waals surface area (Å²) in [7, 11) is 1.48. The summed E-state index contributed by atoms with van der Waals surface area (Å²) in [5.74, 6) is 0.240. The Morgan fingerprint density at radius 2 is 1.94 bits per heavy atom. The van der Waals surface area contributed by atoms with Crippen molar-refractivity contribution in [2.45, 2.75) is 13.8 Å². The number of nitrogens with two attached hydrogens (primary N) is 1. The maximum absolute atomic E-state index is 7.80. The van der Waals surface area contributed by atoms with Crippen LogP contribution in [0.5, 0.6) is 5.75 Å². The van der Waals surface area contributed by atoms with Crippen molar-refractivity contribution in [1.29, 1.82) is 10.8 Å². The Labute approximate surface area is 101 Å². The molecule has 5 heteroatoms. The van der Waals surface area contributed by atoms with Gasteiger partial charge in [0.05, 0.1) is 18.4 Å². The first kappa shape index (κ1) is 13.0. The fraction of sp³-hybridized carbons (Fsp3) is 0.333. The molecule has 0 amide bonds. The van der Waals surface area contributed by atoms with E-state index in [0.29, 0.717) is 17.0 Å². The van der Waals surface area contributed by atoms with E-state index >= 15 is 0 Å². The summed E-state index contributed by atoms with van der Waals surface area (Å²) >= 11 is 0. The lowest BCUT2D eigenvalue weighted by molar-refractivity contribution is 0.412. The Balaban J connectivity index is 2.97. The van der Waals surface area contributed by atoms with E-state index in [2.05, 4.69) is 0 Å². The van der Waals surface area contributed by atoms with Gasteiger partial charge in [0.15, 0.2) is 11.6 Å². The second-order valence-corrected chi connectivity index (χ2v) is 3.88. The maximum atomic E-state index is 7.80. The van der Waals surface area contributed by atoms with Crippen LogP contribution in [0.1, 0.15) is 19.4 Å². The third-order valence-corrected chi connectivity index (χ3v) is 2.23. The summed E-state index contributed by atoms with van der Waals surface area (Å²) in [6.07, 6.45) is 0. The van der Waals surface area contributed by atoms with Crippen LogP contribution >= 0.6 is 0 Å². The maximum Gasteiger partial charge on any atom is 0.224 e. The van der Waals surface area contributed by atoms with E-state index < -0.39 is 0 Å². The number of nitrogens with one attached hydrogen (secondary N) is 2. The Kier molecular flexibility index (Phi) is 4.09. The van der Waals surface area contributed by atoms with E-state index in [1.807, 2.05) is 13.8 Å². The highest BCUT2D eigenvalue weighted by Gasteiger charge is 2.15. The van der Waals surface area contributed by atoms with E-state index in [-0.39, 0.29) is 17.7 Å². The summed E-state index contributed by atoms with van der Waals surface area (Å²) in [6, 6.07) is 5.07. The molecule has 0 heterocycles. The minimum absolute atomic E-state index is 0.0412. The number of anilines is 1. The van der Waals surface area contributed by atoms with Crippen molar-refractivity contribution in [3.8, 4) is 5.75 Å². The van der Waals surface area contributed by atoms with Crippen molar-refractivity contribution in [3.05, 3.63) is 23.8 Å². The van der Waals surface area contributed by atoms with Crippen LogP contribution in [-0.4, -0.2) is 18.9 Å². The monoisotopic (exact) mass is 235 g/mol. The van der Waals surface area contributed by atoms with Crippen molar-refractivity contribution in [2.75, 3.05) is 12.8 Å². The van der Waals surface area contributed by atoms with E-state index in [1.54, 1.807) is 18.2 Å². The molecule has 0 spiro atoms. The van der Waals surface area contributed by atoms with Gasteiger partial charge in [-0.25, -0.2) is 0 Å². The molecule has 4 N–H and O–H groups in total. The van der Waals surface area contributed by atoms with Crippen LogP contribution in [0, 0.1) is 16.7 Å². The van der Waals surface area contributed by atoms with Crippen molar-refractivity contribution in [1.82, 2.24) is 0 Å².